The number of aryl methyl sites for hydroxylation is 2. The maximum Gasteiger partial charge on any atom is 0.220 e. The molecule has 1 fully saturated rings. The highest BCUT2D eigenvalue weighted by atomic mass is 16.5. The topological polar surface area (TPSA) is 43.3 Å². The standard InChI is InChI=1S/C21H28N2O2/c1-15-14-18(16(2)23(15)19-9-10-19)12-13-22-21(24)11-8-17-6-4-5-7-20(17)25-3/h4-7,14,19H,8-13H2,1-3H3,(H,22,24). The average molecular weight is 340 g/mol. The second kappa shape index (κ2) is 7.77. The van der Waals surface area contributed by atoms with Crippen molar-refractivity contribution in [3.8, 4) is 5.75 Å². The molecule has 25 heavy (non-hydrogen) atoms. The molecule has 2 aromatic rings. The number of amides is 1. The molecule has 1 aliphatic rings. The van der Waals surface area contributed by atoms with Crippen molar-refractivity contribution in [2.45, 2.75) is 52.0 Å². The molecule has 4 heteroatoms. The van der Waals surface area contributed by atoms with E-state index in [4.69, 9.17) is 4.74 Å². The number of aromatic nitrogens is 1. The van der Waals surface area contributed by atoms with Crippen LogP contribution in [-0.4, -0.2) is 24.1 Å². The van der Waals surface area contributed by atoms with E-state index < -0.39 is 0 Å². The Bertz CT molecular complexity index is 744. The lowest BCUT2D eigenvalue weighted by atomic mass is 10.1. The first-order valence-corrected chi connectivity index (χ1v) is 9.16. The third-order valence-corrected chi connectivity index (χ3v) is 5.03. The van der Waals surface area contributed by atoms with Crippen LogP contribution in [0.2, 0.25) is 0 Å². The van der Waals surface area contributed by atoms with Crippen molar-refractivity contribution in [1.29, 1.82) is 0 Å². The molecule has 0 atom stereocenters. The van der Waals surface area contributed by atoms with E-state index in [1.54, 1.807) is 7.11 Å². The number of nitrogens with zero attached hydrogens (tertiary/aromatic N) is 1. The van der Waals surface area contributed by atoms with Gasteiger partial charge >= 0.3 is 0 Å². The van der Waals surface area contributed by atoms with Gasteiger partial charge in [0.1, 0.15) is 5.75 Å². The van der Waals surface area contributed by atoms with Gasteiger partial charge in [0.25, 0.3) is 0 Å². The van der Waals surface area contributed by atoms with Crippen LogP contribution in [0.25, 0.3) is 0 Å². The molecule has 0 spiro atoms. The van der Waals surface area contributed by atoms with E-state index in [0.29, 0.717) is 25.4 Å². The van der Waals surface area contributed by atoms with Crippen molar-refractivity contribution in [3.63, 3.8) is 0 Å². The van der Waals surface area contributed by atoms with Gasteiger partial charge in [0.05, 0.1) is 7.11 Å². The number of carbonyl (C=O) groups is 1. The van der Waals surface area contributed by atoms with E-state index in [1.165, 1.54) is 29.8 Å². The van der Waals surface area contributed by atoms with Gasteiger partial charge in [-0.1, -0.05) is 18.2 Å². The third-order valence-electron chi connectivity index (χ3n) is 5.03. The van der Waals surface area contributed by atoms with Crippen LogP contribution in [0.1, 0.15) is 47.8 Å². The van der Waals surface area contributed by atoms with Gasteiger partial charge in [-0.2, -0.15) is 0 Å². The van der Waals surface area contributed by atoms with Crippen molar-refractivity contribution < 1.29 is 9.53 Å². The van der Waals surface area contributed by atoms with Crippen LogP contribution >= 0.6 is 0 Å². The van der Waals surface area contributed by atoms with Crippen molar-refractivity contribution in [3.05, 3.63) is 52.8 Å². The minimum Gasteiger partial charge on any atom is -0.496 e. The summed E-state index contributed by atoms with van der Waals surface area (Å²) >= 11 is 0. The third kappa shape index (κ3) is 4.25. The van der Waals surface area contributed by atoms with Gasteiger partial charge in [-0.15, -0.1) is 0 Å². The highest BCUT2D eigenvalue weighted by Gasteiger charge is 2.26. The second-order valence-electron chi connectivity index (χ2n) is 6.91. The quantitative estimate of drug-likeness (QED) is 0.795. The van der Waals surface area contributed by atoms with Gasteiger partial charge in [-0.3, -0.25) is 4.79 Å². The molecular formula is C21H28N2O2. The van der Waals surface area contributed by atoms with Crippen LogP contribution < -0.4 is 10.1 Å². The number of carbonyl (C=O) groups excluding carboxylic acids is 1. The fourth-order valence-corrected chi connectivity index (χ4v) is 3.58. The van der Waals surface area contributed by atoms with Gasteiger partial charge < -0.3 is 14.6 Å². The highest BCUT2D eigenvalue weighted by Crippen LogP contribution is 2.38. The van der Waals surface area contributed by atoms with Gasteiger partial charge in [-0.25, -0.2) is 0 Å². The van der Waals surface area contributed by atoms with E-state index in [9.17, 15) is 4.79 Å². The summed E-state index contributed by atoms with van der Waals surface area (Å²) in [6.07, 6.45) is 4.69. The van der Waals surface area contributed by atoms with E-state index in [2.05, 4.69) is 29.8 Å². The highest BCUT2D eigenvalue weighted by molar-refractivity contribution is 5.76. The van der Waals surface area contributed by atoms with Gasteiger partial charge in [0, 0.05) is 30.4 Å². The Morgan fingerprint density at radius 3 is 2.68 bits per heavy atom. The molecule has 0 aliphatic heterocycles. The minimum atomic E-state index is 0.0990. The zero-order chi connectivity index (χ0) is 17.8. The zero-order valence-corrected chi connectivity index (χ0v) is 15.5. The van der Waals surface area contributed by atoms with Gasteiger partial charge in [0.2, 0.25) is 5.91 Å². The number of rotatable bonds is 8. The zero-order valence-electron chi connectivity index (χ0n) is 15.5. The summed E-state index contributed by atoms with van der Waals surface area (Å²) in [6.45, 7) is 5.07. The molecule has 1 amide bonds. The van der Waals surface area contributed by atoms with E-state index >= 15 is 0 Å². The predicted molar refractivity (Wildman–Crippen MR) is 100 cm³/mol. The van der Waals surface area contributed by atoms with Crippen molar-refractivity contribution >= 4 is 5.91 Å². The SMILES string of the molecule is COc1ccccc1CCC(=O)NCCc1cc(C)n(C2CC2)c1C. The van der Waals surface area contributed by atoms with Crippen LogP contribution in [0.4, 0.5) is 0 Å². The molecule has 0 bridgehead atoms. The lowest BCUT2D eigenvalue weighted by Gasteiger charge is -2.09. The molecule has 0 radical (unpaired) electrons. The van der Waals surface area contributed by atoms with Crippen LogP contribution in [-0.2, 0) is 17.6 Å². The fourth-order valence-electron chi connectivity index (χ4n) is 3.58. The number of ether oxygens (including phenoxy) is 1. The Kier molecular flexibility index (Phi) is 5.47. The van der Waals surface area contributed by atoms with Crippen LogP contribution in [0.5, 0.6) is 5.75 Å². The average Bonchev–Trinajstić information content (AvgIpc) is 3.40. The Morgan fingerprint density at radius 1 is 1.20 bits per heavy atom. The Morgan fingerprint density at radius 2 is 1.96 bits per heavy atom. The van der Waals surface area contributed by atoms with Crippen LogP contribution in [0.3, 0.4) is 0 Å². The first-order valence-electron chi connectivity index (χ1n) is 9.16. The van der Waals surface area contributed by atoms with E-state index in [-0.39, 0.29) is 5.91 Å². The number of hydrogen-bond donors (Lipinski definition) is 1. The Labute approximate surface area is 150 Å². The van der Waals surface area contributed by atoms with E-state index in [0.717, 1.165) is 17.7 Å². The van der Waals surface area contributed by atoms with Crippen LogP contribution in [0, 0.1) is 13.8 Å². The normalized spacial score (nSPS) is 13.7. The van der Waals surface area contributed by atoms with Crippen LogP contribution in [0.15, 0.2) is 30.3 Å². The maximum absolute atomic E-state index is 12.1. The summed E-state index contributed by atoms with van der Waals surface area (Å²) in [5, 5.41) is 3.05. The monoisotopic (exact) mass is 340 g/mol. The first kappa shape index (κ1) is 17.6. The molecule has 1 aliphatic carbocycles. The fraction of sp³-hybridized carbons (Fsp3) is 0.476. The Hall–Kier alpha value is -2.23. The molecule has 0 unspecified atom stereocenters. The molecule has 4 nitrogen and oxygen atoms in total. The lowest BCUT2D eigenvalue weighted by molar-refractivity contribution is -0.121. The molecule has 1 heterocycles. The second-order valence-corrected chi connectivity index (χ2v) is 6.91. The summed E-state index contributed by atoms with van der Waals surface area (Å²) in [6, 6.07) is 10.9. The summed E-state index contributed by atoms with van der Waals surface area (Å²) in [5.41, 5.74) is 5.14. The summed E-state index contributed by atoms with van der Waals surface area (Å²) < 4.78 is 7.79. The number of nitrogens with one attached hydrogen (secondary N) is 1. The molecule has 1 N–H and O–H groups in total. The summed E-state index contributed by atoms with van der Waals surface area (Å²) in [4.78, 5) is 12.1. The summed E-state index contributed by atoms with van der Waals surface area (Å²) in [5.74, 6) is 0.949. The first-order chi connectivity index (χ1) is 12.1. The number of methoxy groups -OCH3 is 1. The molecule has 1 aromatic carbocycles. The Balaban J connectivity index is 1.46. The number of benzene rings is 1. The predicted octanol–water partition coefficient (Wildman–Crippen LogP) is 3.74. The molecule has 0 saturated heterocycles. The smallest absolute Gasteiger partial charge is 0.220 e. The van der Waals surface area contributed by atoms with Crippen molar-refractivity contribution in [2.24, 2.45) is 0 Å². The van der Waals surface area contributed by atoms with Crippen molar-refractivity contribution in [1.82, 2.24) is 9.88 Å². The number of hydrogen-bond acceptors (Lipinski definition) is 2. The molecule has 1 saturated carbocycles. The molecule has 3 rings (SSSR count). The van der Waals surface area contributed by atoms with Gasteiger partial charge in [0.15, 0.2) is 0 Å². The molecule has 134 valence electrons. The van der Waals surface area contributed by atoms with E-state index in [1.807, 2.05) is 24.3 Å². The minimum absolute atomic E-state index is 0.0990. The largest absolute Gasteiger partial charge is 0.496 e. The van der Waals surface area contributed by atoms with Gasteiger partial charge in [-0.05, 0) is 62.8 Å². The molecule has 1 aromatic heterocycles. The molecular weight excluding hydrogens is 312 g/mol. The summed E-state index contributed by atoms with van der Waals surface area (Å²) in [7, 11) is 1.66. The number of para-hydroxylation sites is 1. The lowest BCUT2D eigenvalue weighted by Crippen LogP contribution is -2.26. The van der Waals surface area contributed by atoms with Crippen molar-refractivity contribution in [2.75, 3.05) is 13.7 Å². The maximum atomic E-state index is 12.1.